The molecule has 0 bridgehead atoms. The van der Waals surface area contributed by atoms with Crippen LogP contribution in [0.3, 0.4) is 0 Å². The first-order valence-corrected chi connectivity index (χ1v) is 7.10. The summed E-state index contributed by atoms with van der Waals surface area (Å²) in [6, 6.07) is 8.32. The quantitative estimate of drug-likeness (QED) is 0.929. The van der Waals surface area contributed by atoms with E-state index in [0.717, 1.165) is 43.3 Å². The Hall–Kier alpha value is -1.81. The molecule has 0 saturated heterocycles. The van der Waals surface area contributed by atoms with Crippen LogP contribution in [0.4, 0.5) is 0 Å². The van der Waals surface area contributed by atoms with E-state index in [-0.39, 0.29) is 0 Å². The fraction of sp³-hybridized carbons (Fsp3) is 0.438. The Balaban J connectivity index is 1.63. The van der Waals surface area contributed by atoms with Crippen molar-refractivity contribution >= 4 is 0 Å². The van der Waals surface area contributed by atoms with Crippen molar-refractivity contribution in [3.8, 4) is 5.75 Å². The summed E-state index contributed by atoms with van der Waals surface area (Å²) >= 11 is 0. The van der Waals surface area contributed by atoms with E-state index in [1.807, 2.05) is 19.9 Å². The van der Waals surface area contributed by atoms with Crippen molar-refractivity contribution in [2.24, 2.45) is 0 Å². The number of nitrogens with one attached hydrogen (secondary N) is 1. The first-order chi connectivity index (χ1) is 9.75. The number of hydrogen-bond donors (Lipinski definition) is 1. The number of ether oxygens (including phenoxy) is 1. The molecule has 0 saturated carbocycles. The minimum Gasteiger partial charge on any atom is -0.493 e. The van der Waals surface area contributed by atoms with Gasteiger partial charge in [-0.15, -0.1) is 0 Å². The average molecular weight is 272 g/mol. The number of hydrogen-bond acceptors (Lipinski definition) is 4. The van der Waals surface area contributed by atoms with Gasteiger partial charge >= 0.3 is 0 Å². The van der Waals surface area contributed by atoms with E-state index in [0.29, 0.717) is 5.92 Å². The summed E-state index contributed by atoms with van der Waals surface area (Å²) in [6.07, 6.45) is 1.06. The molecule has 0 spiro atoms. The summed E-state index contributed by atoms with van der Waals surface area (Å²) in [5.41, 5.74) is 3.46. The average Bonchev–Trinajstić information content (AvgIpc) is 2.79. The highest BCUT2D eigenvalue weighted by molar-refractivity contribution is 5.38. The minimum atomic E-state index is 0.514. The highest BCUT2D eigenvalue weighted by Crippen LogP contribution is 2.32. The van der Waals surface area contributed by atoms with E-state index >= 15 is 0 Å². The normalized spacial score (nSPS) is 17.6. The molecule has 2 aromatic rings. The van der Waals surface area contributed by atoms with Crippen LogP contribution in [0.1, 0.15) is 34.9 Å². The Morgan fingerprint density at radius 1 is 1.30 bits per heavy atom. The fourth-order valence-electron chi connectivity index (χ4n) is 2.75. The summed E-state index contributed by atoms with van der Waals surface area (Å²) in [7, 11) is 0. The summed E-state index contributed by atoms with van der Waals surface area (Å²) in [6.45, 7) is 6.50. The lowest BCUT2D eigenvalue weighted by molar-refractivity contribution is 0.264. The van der Waals surface area contributed by atoms with E-state index in [4.69, 9.17) is 9.26 Å². The Bertz CT molecular complexity index is 572. The first kappa shape index (κ1) is 13.2. The van der Waals surface area contributed by atoms with Gasteiger partial charge in [0.2, 0.25) is 0 Å². The van der Waals surface area contributed by atoms with Gasteiger partial charge in [-0.05, 0) is 31.9 Å². The molecule has 3 rings (SSSR count). The molecule has 0 amide bonds. The van der Waals surface area contributed by atoms with Crippen LogP contribution < -0.4 is 10.1 Å². The monoisotopic (exact) mass is 272 g/mol. The van der Waals surface area contributed by atoms with Crippen molar-refractivity contribution in [2.45, 2.75) is 32.7 Å². The predicted molar refractivity (Wildman–Crippen MR) is 77.0 cm³/mol. The molecule has 2 heterocycles. The van der Waals surface area contributed by atoms with Gasteiger partial charge < -0.3 is 14.6 Å². The van der Waals surface area contributed by atoms with Crippen LogP contribution in [-0.2, 0) is 6.54 Å². The zero-order chi connectivity index (χ0) is 13.9. The summed E-state index contributed by atoms with van der Waals surface area (Å²) in [4.78, 5) is 0. The Morgan fingerprint density at radius 2 is 2.15 bits per heavy atom. The van der Waals surface area contributed by atoms with Gasteiger partial charge in [-0.2, -0.15) is 0 Å². The molecule has 4 heteroatoms. The number of aryl methyl sites for hydroxylation is 2. The largest absolute Gasteiger partial charge is 0.493 e. The zero-order valence-corrected chi connectivity index (χ0v) is 12.0. The molecule has 1 aromatic heterocycles. The standard InChI is InChI=1S/C16H20N2O2/c1-11-15(12(2)20-18-11)10-17-9-13-7-8-19-16-6-4-3-5-14(13)16/h3-6,13,17H,7-10H2,1-2H3/t13-/m1/s1. The Kier molecular flexibility index (Phi) is 3.74. The van der Waals surface area contributed by atoms with Gasteiger partial charge in [0, 0.05) is 24.6 Å². The van der Waals surface area contributed by atoms with E-state index in [1.165, 1.54) is 11.1 Å². The molecule has 0 aliphatic carbocycles. The van der Waals surface area contributed by atoms with Crippen LogP contribution in [0.25, 0.3) is 0 Å². The van der Waals surface area contributed by atoms with Gasteiger partial charge in [-0.3, -0.25) is 0 Å². The van der Waals surface area contributed by atoms with Gasteiger partial charge in [0.1, 0.15) is 11.5 Å². The van der Waals surface area contributed by atoms with Crippen molar-refractivity contribution in [1.82, 2.24) is 10.5 Å². The molecule has 0 radical (unpaired) electrons. The molecule has 0 fully saturated rings. The van der Waals surface area contributed by atoms with Gasteiger partial charge in [0.15, 0.2) is 0 Å². The van der Waals surface area contributed by atoms with Crippen molar-refractivity contribution in [2.75, 3.05) is 13.2 Å². The Labute approximate surface area is 119 Å². The van der Waals surface area contributed by atoms with Crippen LogP contribution >= 0.6 is 0 Å². The maximum absolute atomic E-state index is 5.69. The van der Waals surface area contributed by atoms with Crippen LogP contribution in [0, 0.1) is 13.8 Å². The number of aromatic nitrogens is 1. The van der Waals surface area contributed by atoms with E-state index in [9.17, 15) is 0 Å². The molecule has 1 atom stereocenters. The predicted octanol–water partition coefficient (Wildman–Crippen LogP) is 2.95. The smallest absolute Gasteiger partial charge is 0.138 e. The first-order valence-electron chi connectivity index (χ1n) is 7.10. The van der Waals surface area contributed by atoms with Gasteiger partial charge in [0.25, 0.3) is 0 Å². The molecule has 4 nitrogen and oxygen atoms in total. The maximum atomic E-state index is 5.69. The zero-order valence-electron chi connectivity index (χ0n) is 12.0. The van der Waals surface area contributed by atoms with Gasteiger partial charge in [-0.25, -0.2) is 0 Å². The highest BCUT2D eigenvalue weighted by Gasteiger charge is 2.20. The summed E-state index contributed by atoms with van der Waals surface area (Å²) < 4.78 is 10.9. The number of rotatable bonds is 4. The fourth-order valence-corrected chi connectivity index (χ4v) is 2.75. The molecular weight excluding hydrogens is 252 g/mol. The van der Waals surface area contributed by atoms with Crippen LogP contribution in [0.15, 0.2) is 28.8 Å². The summed E-state index contributed by atoms with van der Waals surface area (Å²) in [5.74, 6) is 2.45. The van der Waals surface area contributed by atoms with Crippen LogP contribution in [0.5, 0.6) is 5.75 Å². The van der Waals surface area contributed by atoms with Gasteiger partial charge in [-0.1, -0.05) is 23.4 Å². The minimum absolute atomic E-state index is 0.514. The van der Waals surface area contributed by atoms with Crippen molar-refractivity contribution < 1.29 is 9.26 Å². The third-order valence-electron chi connectivity index (χ3n) is 3.96. The second-order valence-corrected chi connectivity index (χ2v) is 5.31. The van der Waals surface area contributed by atoms with E-state index in [1.54, 1.807) is 0 Å². The molecule has 1 N–H and O–H groups in total. The maximum Gasteiger partial charge on any atom is 0.138 e. The molecule has 1 aliphatic rings. The highest BCUT2D eigenvalue weighted by atomic mass is 16.5. The lowest BCUT2D eigenvalue weighted by Crippen LogP contribution is -2.25. The Morgan fingerprint density at radius 3 is 2.95 bits per heavy atom. The van der Waals surface area contributed by atoms with Crippen molar-refractivity contribution in [3.05, 3.63) is 46.8 Å². The topological polar surface area (TPSA) is 47.3 Å². The molecule has 0 unspecified atom stereocenters. The molecular formula is C16H20N2O2. The number of benzene rings is 1. The summed E-state index contributed by atoms with van der Waals surface area (Å²) in [5, 5.41) is 7.51. The second kappa shape index (κ2) is 5.67. The second-order valence-electron chi connectivity index (χ2n) is 5.31. The number of fused-ring (bicyclic) bond motifs is 1. The van der Waals surface area contributed by atoms with Crippen LogP contribution in [0.2, 0.25) is 0 Å². The van der Waals surface area contributed by atoms with E-state index in [2.05, 4.69) is 28.7 Å². The van der Waals surface area contributed by atoms with Crippen LogP contribution in [-0.4, -0.2) is 18.3 Å². The lowest BCUT2D eigenvalue weighted by Gasteiger charge is -2.26. The third-order valence-corrected chi connectivity index (χ3v) is 3.96. The van der Waals surface area contributed by atoms with Gasteiger partial charge in [0.05, 0.1) is 12.3 Å². The van der Waals surface area contributed by atoms with E-state index < -0.39 is 0 Å². The van der Waals surface area contributed by atoms with Crippen molar-refractivity contribution in [1.29, 1.82) is 0 Å². The van der Waals surface area contributed by atoms with Crippen molar-refractivity contribution in [3.63, 3.8) is 0 Å². The molecule has 106 valence electrons. The SMILES string of the molecule is Cc1noc(C)c1CNC[C@H]1CCOc2ccccc21. The third kappa shape index (κ3) is 2.56. The lowest BCUT2D eigenvalue weighted by atomic mass is 9.93. The number of para-hydroxylation sites is 1. The number of nitrogens with zero attached hydrogens (tertiary/aromatic N) is 1. The molecule has 1 aliphatic heterocycles. The molecule has 20 heavy (non-hydrogen) atoms. The molecule has 1 aromatic carbocycles.